The quantitative estimate of drug-likeness (QED) is 0.319. The van der Waals surface area contributed by atoms with Crippen molar-refractivity contribution in [3.05, 3.63) is 118 Å². The fourth-order valence-corrected chi connectivity index (χ4v) is 9.63. The average molecular weight is 613 g/mol. The van der Waals surface area contributed by atoms with Gasteiger partial charge in [0.05, 0.1) is 26.3 Å². The van der Waals surface area contributed by atoms with Crippen LogP contribution in [0.1, 0.15) is 45.5 Å². The number of amides is 2. The van der Waals surface area contributed by atoms with Crippen molar-refractivity contribution in [3.63, 3.8) is 0 Å². The van der Waals surface area contributed by atoms with Crippen molar-refractivity contribution in [2.75, 3.05) is 51.2 Å². The smallest absolute Gasteiger partial charge is 0.253 e. The molecule has 5 aliphatic heterocycles. The maximum absolute atomic E-state index is 15.4. The van der Waals surface area contributed by atoms with Crippen molar-refractivity contribution in [3.8, 4) is 11.5 Å². The van der Waals surface area contributed by atoms with Gasteiger partial charge in [-0.15, -0.1) is 0 Å². The predicted molar refractivity (Wildman–Crippen MR) is 175 cm³/mol. The largest absolute Gasteiger partial charge is 0.497 e. The molecule has 2 amide bonds. The molecule has 8 heteroatoms. The number of hydrogen-bond donors (Lipinski definition) is 0. The molecule has 0 radical (unpaired) electrons. The third-order valence-corrected chi connectivity index (χ3v) is 11.5. The number of benzene rings is 4. The van der Waals surface area contributed by atoms with Crippen LogP contribution in [0.4, 0.5) is 11.4 Å². The molecule has 0 N–H and O–H groups in total. The van der Waals surface area contributed by atoms with Crippen LogP contribution in [0.2, 0.25) is 0 Å². The van der Waals surface area contributed by atoms with Crippen LogP contribution in [0.25, 0.3) is 0 Å². The molecule has 5 aliphatic rings. The summed E-state index contributed by atoms with van der Waals surface area (Å²) in [6.07, 6.45) is 1.54. The minimum Gasteiger partial charge on any atom is -0.497 e. The highest BCUT2D eigenvalue weighted by atomic mass is 16.5. The molecule has 0 aromatic heterocycles. The number of rotatable bonds is 2. The average Bonchev–Trinajstić information content (AvgIpc) is 3.45. The first-order valence-electron chi connectivity index (χ1n) is 16.0. The predicted octanol–water partition coefficient (Wildman–Crippen LogP) is 4.96. The molecule has 9 rings (SSSR count). The van der Waals surface area contributed by atoms with Crippen molar-refractivity contribution in [2.24, 2.45) is 0 Å². The number of methoxy groups -OCH3 is 2. The number of hydrogen-bond acceptors (Lipinski definition) is 6. The number of piperazine rings is 1. The summed E-state index contributed by atoms with van der Waals surface area (Å²) in [5.41, 5.74) is 5.99. The highest BCUT2D eigenvalue weighted by Crippen LogP contribution is 2.68. The minimum absolute atomic E-state index is 0.0198. The summed E-state index contributed by atoms with van der Waals surface area (Å²) < 4.78 is 11.6. The van der Waals surface area contributed by atoms with Crippen LogP contribution in [0.15, 0.2) is 84.9 Å². The van der Waals surface area contributed by atoms with Crippen LogP contribution in [0.3, 0.4) is 0 Å². The second-order valence-electron chi connectivity index (χ2n) is 13.1. The number of ether oxygens (including phenoxy) is 2. The maximum Gasteiger partial charge on any atom is 0.253 e. The number of likely N-dealkylation sites (N-methyl/N-ethyl adjacent to an activating group) is 2. The van der Waals surface area contributed by atoms with E-state index in [2.05, 4.69) is 70.5 Å². The Bertz CT molecular complexity index is 1840. The number of fused-ring (bicyclic) bond motifs is 14. The van der Waals surface area contributed by atoms with E-state index in [-0.39, 0.29) is 11.8 Å². The molecule has 4 aromatic rings. The molecular weight excluding hydrogens is 576 g/mol. The Kier molecular flexibility index (Phi) is 5.67. The van der Waals surface area contributed by atoms with Crippen LogP contribution >= 0.6 is 0 Å². The molecule has 4 aromatic carbocycles. The van der Waals surface area contributed by atoms with E-state index in [0.29, 0.717) is 24.6 Å². The van der Waals surface area contributed by atoms with Gasteiger partial charge in [0.2, 0.25) is 0 Å². The van der Waals surface area contributed by atoms with Crippen molar-refractivity contribution >= 4 is 23.2 Å². The Balaban J connectivity index is 1.45. The number of nitrogens with zero attached hydrogens (tertiary/aromatic N) is 4. The lowest BCUT2D eigenvalue weighted by molar-refractivity contribution is -0.192. The lowest BCUT2D eigenvalue weighted by Gasteiger charge is -2.66. The number of carbonyl (C=O) groups is 2. The number of anilines is 2. The first kappa shape index (κ1) is 27.6. The molecule has 0 unspecified atom stereocenters. The number of carbonyl (C=O) groups excluding carboxylic acids is 2. The Morgan fingerprint density at radius 1 is 0.609 bits per heavy atom. The van der Waals surface area contributed by atoms with Gasteiger partial charge in [0.15, 0.2) is 0 Å². The van der Waals surface area contributed by atoms with E-state index in [1.807, 2.05) is 48.2 Å². The van der Waals surface area contributed by atoms with Crippen LogP contribution in [-0.2, 0) is 33.5 Å². The molecule has 232 valence electrons. The van der Waals surface area contributed by atoms with Crippen LogP contribution in [-0.4, -0.2) is 63.0 Å². The Labute approximate surface area is 268 Å². The zero-order valence-corrected chi connectivity index (χ0v) is 26.5. The lowest BCUT2D eigenvalue weighted by atomic mass is 9.62. The van der Waals surface area contributed by atoms with Gasteiger partial charge < -0.3 is 19.3 Å². The van der Waals surface area contributed by atoms with Gasteiger partial charge in [-0.05, 0) is 71.5 Å². The van der Waals surface area contributed by atoms with Gasteiger partial charge in [-0.1, -0.05) is 48.5 Å². The Morgan fingerprint density at radius 2 is 1.02 bits per heavy atom. The summed E-state index contributed by atoms with van der Waals surface area (Å²) in [6.45, 7) is 1.23. The van der Waals surface area contributed by atoms with Gasteiger partial charge in [-0.3, -0.25) is 19.4 Å². The minimum atomic E-state index is -1.11. The molecular formula is C38H36N4O4. The fraction of sp³-hybridized carbons (Fsp3) is 0.316. The first-order chi connectivity index (χ1) is 22.4. The molecule has 1 fully saturated rings. The second-order valence-corrected chi connectivity index (χ2v) is 13.1. The topological polar surface area (TPSA) is 65.6 Å². The van der Waals surface area contributed by atoms with E-state index >= 15 is 9.59 Å². The van der Waals surface area contributed by atoms with Gasteiger partial charge in [0.1, 0.15) is 22.6 Å². The summed E-state index contributed by atoms with van der Waals surface area (Å²) in [5.74, 6) is 1.45. The summed E-state index contributed by atoms with van der Waals surface area (Å²) in [6, 6.07) is 28.1. The van der Waals surface area contributed by atoms with Gasteiger partial charge in [0.25, 0.3) is 11.8 Å². The molecule has 5 heterocycles. The molecule has 0 bridgehead atoms. The summed E-state index contributed by atoms with van der Waals surface area (Å²) in [7, 11) is 7.11. The molecule has 0 aliphatic carbocycles. The molecule has 46 heavy (non-hydrogen) atoms. The third-order valence-electron chi connectivity index (χ3n) is 11.5. The van der Waals surface area contributed by atoms with E-state index in [0.717, 1.165) is 46.5 Å². The van der Waals surface area contributed by atoms with Crippen molar-refractivity contribution in [2.45, 2.75) is 36.0 Å². The highest BCUT2D eigenvalue weighted by Gasteiger charge is 2.75. The van der Waals surface area contributed by atoms with Gasteiger partial charge in [0, 0.05) is 49.7 Å². The van der Waals surface area contributed by atoms with E-state index < -0.39 is 23.2 Å². The van der Waals surface area contributed by atoms with Crippen molar-refractivity contribution in [1.82, 2.24) is 9.80 Å². The monoisotopic (exact) mass is 612 g/mol. The van der Waals surface area contributed by atoms with Crippen LogP contribution in [0, 0.1) is 0 Å². The standard InChI is InChI=1S/C38H36N4O4/c1-39-31-15-13-25(45-3)21-29(31)37(35(39)43)33-27-11-7-5-9-23(27)18-20-42(33)38(34-28-12-8-6-10-24(28)17-19-41(34)37)30-22-26(46-4)14-16-32(30)40(2)36(38)44/h5-16,21-22,33-34H,17-20H2,1-4H3/t33-,34-,37+,38+/m1/s1. The summed E-state index contributed by atoms with van der Waals surface area (Å²) >= 11 is 0. The Hall–Kier alpha value is -4.66. The van der Waals surface area contributed by atoms with E-state index in [9.17, 15) is 0 Å². The van der Waals surface area contributed by atoms with Gasteiger partial charge >= 0.3 is 0 Å². The zero-order valence-electron chi connectivity index (χ0n) is 26.5. The molecule has 1 saturated heterocycles. The van der Waals surface area contributed by atoms with Crippen molar-refractivity contribution in [1.29, 1.82) is 0 Å². The fourth-order valence-electron chi connectivity index (χ4n) is 9.63. The summed E-state index contributed by atoms with van der Waals surface area (Å²) in [4.78, 5) is 39.2. The maximum atomic E-state index is 15.4. The summed E-state index contributed by atoms with van der Waals surface area (Å²) in [5, 5.41) is 0. The van der Waals surface area contributed by atoms with Crippen LogP contribution in [0.5, 0.6) is 11.5 Å². The van der Waals surface area contributed by atoms with Crippen molar-refractivity contribution < 1.29 is 19.1 Å². The zero-order chi connectivity index (χ0) is 31.5. The Morgan fingerprint density at radius 3 is 1.43 bits per heavy atom. The molecule has 8 nitrogen and oxygen atoms in total. The highest BCUT2D eigenvalue weighted by molar-refractivity contribution is 6.11. The second kappa shape index (κ2) is 9.44. The van der Waals surface area contributed by atoms with E-state index in [1.54, 1.807) is 14.2 Å². The van der Waals surface area contributed by atoms with E-state index in [1.165, 1.54) is 11.1 Å². The molecule has 2 spiro atoms. The van der Waals surface area contributed by atoms with Gasteiger partial charge in [-0.25, -0.2) is 0 Å². The van der Waals surface area contributed by atoms with E-state index in [4.69, 9.17) is 9.47 Å². The van der Waals surface area contributed by atoms with Crippen LogP contribution < -0.4 is 19.3 Å². The van der Waals surface area contributed by atoms with Gasteiger partial charge in [-0.2, -0.15) is 0 Å². The first-order valence-corrected chi connectivity index (χ1v) is 16.0. The third kappa shape index (κ3) is 3.07. The molecule has 0 saturated carbocycles. The normalized spacial score (nSPS) is 27.7. The lowest BCUT2D eigenvalue weighted by Crippen LogP contribution is -2.76. The SMILES string of the molecule is COc1ccc2c(c1)[C@@]1(C(=O)N2C)[C@H]2c3ccccc3CCN2[C@]2(C(=O)N(C)c3ccc(OC)cc32)[C@H]2c3ccccc3CCN21. The molecule has 4 atom stereocenters.